The Balaban J connectivity index is 0.000000484. The van der Waals surface area contributed by atoms with Crippen LogP contribution in [-0.2, 0) is 118 Å². The number of carbonyl (C=O) groups excluding carboxylic acids is 13. The van der Waals surface area contributed by atoms with Crippen molar-refractivity contribution in [2.45, 2.75) is 349 Å². The minimum absolute atomic E-state index is 0. The Morgan fingerprint density at radius 3 is 1.16 bits per heavy atom. The summed E-state index contributed by atoms with van der Waals surface area (Å²) in [5.41, 5.74) is 15.1. The zero-order valence-corrected chi connectivity index (χ0v) is 102. The normalized spacial score (nSPS) is 20.0. The molecule has 0 saturated carbocycles. The van der Waals surface area contributed by atoms with Crippen LogP contribution in [0.4, 0.5) is 4.79 Å². The molecular formula is C105H157Cl3I3N22O14V2. The number of hydrogen-bond acceptors (Lipinski definition) is 20. The van der Waals surface area contributed by atoms with Gasteiger partial charge in [-0.15, -0.1) is 54.7 Å². The summed E-state index contributed by atoms with van der Waals surface area (Å²) in [4.78, 5) is 183. The van der Waals surface area contributed by atoms with E-state index in [9.17, 15) is 62.3 Å². The number of likely N-dealkylation sites (N-methyl/N-ethyl adjacent to an activating group) is 4. The number of halogens is 6. The number of terminal acetylenes is 1. The summed E-state index contributed by atoms with van der Waals surface area (Å²) < 4.78 is 7.00. The number of benzene rings is 4. The van der Waals surface area contributed by atoms with E-state index in [0.29, 0.717) is 5.69 Å². The molecule has 0 bridgehead atoms. The molecule has 13 amide bonds. The molecule has 2 fully saturated rings. The first-order valence-corrected chi connectivity index (χ1v) is 63.7. The number of rotatable bonds is 31. The Hall–Kier alpha value is -8.09. The molecule has 6 aliphatic rings. The van der Waals surface area contributed by atoms with Gasteiger partial charge in [-0.3, -0.25) is 62.4 Å². The van der Waals surface area contributed by atoms with Gasteiger partial charge in [-0.25, -0.2) is 9.48 Å². The van der Waals surface area contributed by atoms with Gasteiger partial charge in [0.15, 0.2) is 0 Å². The number of aromatic nitrogens is 3. The number of nitrogens with one attached hydrogen (secondary N) is 13. The van der Waals surface area contributed by atoms with Crippen molar-refractivity contribution in [1.29, 1.82) is 0 Å². The minimum atomic E-state index is -1.11. The molecule has 823 valence electrons. The molecule has 149 heavy (non-hydrogen) atoms. The van der Waals surface area contributed by atoms with Crippen LogP contribution in [0, 0.1) is 34.0 Å². The average Bonchev–Trinajstić information content (AvgIpc) is 1.63. The van der Waals surface area contributed by atoms with Crippen LogP contribution in [0.1, 0.15) is 283 Å². The van der Waals surface area contributed by atoms with Crippen molar-refractivity contribution in [3.05, 3.63) is 164 Å². The molecule has 36 nitrogen and oxygen atoms in total. The molecule has 1 aromatic heterocycles. The predicted molar refractivity (Wildman–Crippen MR) is 603 cm³/mol. The number of hydrogen-bond donors (Lipinski definition) is 13. The number of fused-ring (bicyclic) bond motifs is 4. The summed E-state index contributed by atoms with van der Waals surface area (Å²) in [6.07, 6.45) is 17.6. The smallest absolute Gasteiger partial charge is 0 e. The standard InChI is InChI=1S/C50H73N11O6.C30H45N7O5.C25H36N4O3.3ClH.3HI.2V/c1-29(51-9)43(62)56-41(49(3,4)5)47(66)55-39(45(64)53-37-23-15-19-31-17-11-13-21-35(31)37)25-33-27-61(59-58-33)34-26-40(46(65)54-38-24-16-20-32-18-12-14-22-36(32)38)60(28-34)48(67)42(50(6,7)8)57-44(63)30(2)52-10;1-18(36(8)28(41)42-30(5,6)7)25(38)33-24(29(2,3)4)27(40)37-17-20(34-35-31)16-23(37)26(39)32-22-15-11-13-19-12-9-10-14-21(19)22;1-7-11-20(23(31)27-19-15-10-13-17-12-8-9-14-18(17)19)28-24(32)21(25(3,4)5)29-22(30)16(2)26-6;;;;;;;;/h11-14,17-18,21-22,27,29-30,34,37-42,51-52H,15-16,19-20,23-26,28H2,1-10H3,(H,53,64)(H,54,65)(H,55,66)(H,56,62)(H,57,63);9-10,12,14,18,20,22-24H,11,13,15-17H2,1-8H3,(H,32,39)(H,33,38);1,8-9,12,14,16,19-21,26H,10-11,13,15H2,2-6H3,(H,27,31)(H,28,32)(H,29,30);6*1H;;/q;;;;;;;;;;+3/p-3/t29-,30-,34-,37+,38+,39-,40-,41+,42+;18-,20-,22+,23-,24+;16-,19+,20-,21+;;;;;;;;/m000......../s1. The first-order valence-electron chi connectivity index (χ1n) is 50.1. The molecular weight excluding hydrogens is 2380 g/mol. The zero-order chi connectivity index (χ0) is 108. The summed E-state index contributed by atoms with van der Waals surface area (Å²) in [6, 6.07) is 20.3. The predicted octanol–water partition coefficient (Wildman–Crippen LogP) is 13.1. The van der Waals surface area contributed by atoms with Gasteiger partial charge in [0.05, 0.1) is 60.1 Å². The summed E-state index contributed by atoms with van der Waals surface area (Å²) in [7, 11) is 6.47. The second kappa shape index (κ2) is 60.7. The molecule has 3 heterocycles. The topological polar surface area (TPSA) is 477 Å². The zero-order valence-electron chi connectivity index (χ0n) is 90.0. The summed E-state index contributed by atoms with van der Waals surface area (Å²) in [5, 5.41) is 51.4. The molecule has 5 aromatic rings. The molecule has 11 rings (SSSR count). The van der Waals surface area contributed by atoms with Crippen molar-refractivity contribution >= 4 is 174 Å². The summed E-state index contributed by atoms with van der Waals surface area (Å²) >= 11 is 7.39. The summed E-state index contributed by atoms with van der Waals surface area (Å²) in [6.45, 7) is 34.2. The molecule has 4 aromatic carbocycles. The molecule has 13 N–H and O–H groups in total. The number of nitrogens with zero attached hydrogens (tertiary/aromatic N) is 9. The quantitative estimate of drug-likeness (QED) is 0.00644. The molecule has 0 spiro atoms. The maximum Gasteiger partial charge on any atom is 0 e. The van der Waals surface area contributed by atoms with Gasteiger partial charge in [0, 0.05) is 69.1 Å². The number of carbonyl (C=O) groups is 13. The molecule has 0 unspecified atom stereocenters. The largest absolute Gasteiger partial charge is 0 e. The SMILES string of the molecule is C#CC[C@H](NC(=O)[C@@H](NC(=O)[C@H](C)NC)C(C)(C)C)C(=O)N[C@@H]1CCCc2ccccc21.CN[C@@H](C)C(=O)N[C@H](C(=O)N[C@@H](Cc1cn([C@H]2C[C@@H](C(=O)N[C@@H]3CCCc4ccccc43)N(C(=O)[C@@H](NC(=O)[C@H](C)NC)C(C)(C)C)C2)nn1)C(=O)N[C@@H]1CCCc2ccccc21)C(C)(C)C.C[C@@H](C(=O)N[C@H](C(=O)N1C[C@@H](N=[N+]=[N-])C[C@H]1C(=O)N[C@@H]1CCCc2ccccc21)C(C)(C)C)N(C)C(=O)OC(C)(C)C.Cl.Cl.Cl.[I][V]([I])[I].[V]. The third kappa shape index (κ3) is 38.8. The Bertz CT molecular complexity index is 5450. The number of likely N-dealkylation sites (tertiary alicyclic amines) is 2. The van der Waals surface area contributed by atoms with E-state index in [-0.39, 0.29) is 165 Å². The first kappa shape index (κ1) is 133. The van der Waals surface area contributed by atoms with E-state index in [4.69, 9.17) is 16.7 Å². The van der Waals surface area contributed by atoms with Gasteiger partial charge in [-0.1, -0.05) is 190 Å². The van der Waals surface area contributed by atoms with Crippen molar-refractivity contribution in [2.24, 2.45) is 26.8 Å². The van der Waals surface area contributed by atoms with Gasteiger partial charge in [-0.05, 0) is 225 Å². The Labute approximate surface area is 947 Å². The maximum absolute atomic E-state index is 14.8. The van der Waals surface area contributed by atoms with Crippen LogP contribution in [0.25, 0.3) is 10.4 Å². The van der Waals surface area contributed by atoms with Gasteiger partial charge in [0.1, 0.15) is 60.0 Å². The van der Waals surface area contributed by atoms with Crippen LogP contribution in [0.2, 0.25) is 0 Å². The number of aryl methyl sites for hydroxylation is 4. The van der Waals surface area contributed by atoms with Crippen molar-refractivity contribution < 1.29 is 90.5 Å². The van der Waals surface area contributed by atoms with Crippen LogP contribution in [0.15, 0.2) is 108 Å². The fraction of sp³-hybridized carbons (Fsp3) is 0.610. The third-order valence-corrected chi connectivity index (χ3v) is 27.4. The van der Waals surface area contributed by atoms with E-state index in [1.54, 1.807) is 85.4 Å². The van der Waals surface area contributed by atoms with Gasteiger partial charge >= 0.3 is 71.0 Å². The number of ether oxygens (including phenoxy) is 1. The average molecular weight is 2540 g/mol. The van der Waals surface area contributed by atoms with Gasteiger partial charge in [-0.2, -0.15) is 0 Å². The number of amides is 13. The van der Waals surface area contributed by atoms with Crippen LogP contribution in [-0.4, -0.2) is 232 Å². The molecule has 2 saturated heterocycles. The molecule has 2 aliphatic heterocycles. The Morgan fingerprint density at radius 2 is 0.812 bits per heavy atom. The molecule has 18 atom stereocenters. The fourth-order valence-corrected chi connectivity index (χ4v) is 18.6. The van der Waals surface area contributed by atoms with Crippen molar-refractivity contribution in [2.75, 3.05) is 41.3 Å². The minimum Gasteiger partial charge on any atom is 0 e. The first-order chi connectivity index (χ1) is 68.0. The van der Waals surface area contributed by atoms with Crippen LogP contribution >= 0.6 is 97.2 Å². The van der Waals surface area contributed by atoms with E-state index in [0.717, 1.165) is 99.3 Å². The molecule has 4 aliphatic carbocycles. The molecule has 44 heteroatoms. The van der Waals surface area contributed by atoms with Gasteiger partial charge in [0.2, 0.25) is 70.9 Å². The maximum atomic E-state index is 14.8. The Kier molecular flexibility index (Phi) is 54.2. The van der Waals surface area contributed by atoms with Crippen molar-refractivity contribution in [1.82, 2.24) is 98.8 Å². The monoisotopic (exact) mass is 2540 g/mol. The van der Waals surface area contributed by atoms with E-state index in [2.05, 4.69) is 180 Å². The Morgan fingerprint density at radius 1 is 0.483 bits per heavy atom. The van der Waals surface area contributed by atoms with Crippen molar-refractivity contribution in [3.8, 4) is 12.3 Å². The third-order valence-electron chi connectivity index (χ3n) is 27.4. The van der Waals surface area contributed by atoms with Crippen LogP contribution < -0.4 is 69.1 Å². The van der Waals surface area contributed by atoms with Gasteiger partial charge < -0.3 is 83.7 Å². The van der Waals surface area contributed by atoms with E-state index >= 15 is 0 Å². The van der Waals surface area contributed by atoms with E-state index in [1.807, 2.05) is 156 Å². The second-order valence-corrected chi connectivity index (χ2v) is 79.1. The van der Waals surface area contributed by atoms with E-state index in [1.165, 1.54) is 39.1 Å². The fourth-order valence-electron chi connectivity index (χ4n) is 18.6. The second-order valence-electron chi connectivity index (χ2n) is 43.8. The summed E-state index contributed by atoms with van der Waals surface area (Å²) in [5.74, 6) is -2.19. The van der Waals surface area contributed by atoms with Gasteiger partial charge in [0.25, 0.3) is 0 Å². The number of azide groups is 1. The van der Waals surface area contributed by atoms with Crippen LogP contribution in [0.5, 0.6) is 0 Å². The molecule has 1 radical (unpaired) electrons. The van der Waals surface area contributed by atoms with Crippen molar-refractivity contribution in [3.63, 3.8) is 0 Å². The van der Waals surface area contributed by atoms with E-state index < -0.39 is 147 Å². The van der Waals surface area contributed by atoms with Crippen LogP contribution in [0.3, 0.4) is 0 Å².